The van der Waals surface area contributed by atoms with E-state index in [9.17, 15) is 9.59 Å². The van der Waals surface area contributed by atoms with Crippen LogP contribution < -0.4 is 5.32 Å². The van der Waals surface area contributed by atoms with Crippen LogP contribution in [0.2, 0.25) is 0 Å². The minimum Gasteiger partial charge on any atom is -0.335 e. The molecule has 0 unspecified atom stereocenters. The van der Waals surface area contributed by atoms with Crippen LogP contribution in [0.1, 0.15) is 42.2 Å². The molecular weight excluding hydrogens is 352 g/mol. The Labute approximate surface area is 163 Å². The molecule has 28 heavy (non-hydrogen) atoms. The number of pyridine rings is 1. The monoisotopic (exact) mass is 374 g/mol. The normalized spacial score (nSPS) is 23.4. The lowest BCUT2D eigenvalue weighted by Crippen LogP contribution is -2.48. The number of nitrogens with one attached hydrogen (secondary N) is 2. The van der Waals surface area contributed by atoms with E-state index in [4.69, 9.17) is 0 Å². The smallest absolute Gasteiger partial charge is 0.270 e. The van der Waals surface area contributed by atoms with Crippen LogP contribution in [0.5, 0.6) is 0 Å². The first-order valence-corrected chi connectivity index (χ1v) is 9.81. The van der Waals surface area contributed by atoms with E-state index >= 15 is 0 Å². The summed E-state index contributed by atoms with van der Waals surface area (Å²) >= 11 is 0. The van der Waals surface area contributed by atoms with Gasteiger partial charge in [-0.2, -0.15) is 0 Å². The number of para-hydroxylation sites is 1. The fourth-order valence-electron chi connectivity index (χ4n) is 4.95. The molecule has 1 saturated heterocycles. The number of carbonyl (C=O) groups is 2. The van der Waals surface area contributed by atoms with Crippen molar-refractivity contribution in [2.75, 3.05) is 11.9 Å². The third-order valence-corrected chi connectivity index (χ3v) is 6.20. The average Bonchev–Trinajstić information content (AvgIpc) is 3.38. The summed E-state index contributed by atoms with van der Waals surface area (Å²) in [5.41, 5.74) is 2.46. The first-order chi connectivity index (χ1) is 13.6. The van der Waals surface area contributed by atoms with Gasteiger partial charge >= 0.3 is 0 Å². The Morgan fingerprint density at radius 2 is 2.14 bits per heavy atom. The van der Waals surface area contributed by atoms with Gasteiger partial charge in [0.2, 0.25) is 5.91 Å². The molecule has 1 spiro atoms. The highest BCUT2D eigenvalue weighted by molar-refractivity contribution is 6.08. The van der Waals surface area contributed by atoms with Gasteiger partial charge in [0.05, 0.1) is 11.5 Å². The predicted octanol–water partition coefficient (Wildman–Crippen LogP) is 3.47. The number of H-pyrrole nitrogens is 1. The second kappa shape index (κ2) is 6.19. The third kappa shape index (κ3) is 2.24. The van der Waals surface area contributed by atoms with Gasteiger partial charge in [-0.1, -0.05) is 31.5 Å². The molecule has 0 saturated carbocycles. The number of fused-ring (bicyclic) bond motifs is 3. The first kappa shape index (κ1) is 17.0. The third-order valence-electron chi connectivity index (χ3n) is 6.20. The van der Waals surface area contributed by atoms with Crippen LogP contribution in [0.4, 0.5) is 5.69 Å². The van der Waals surface area contributed by atoms with E-state index in [0.717, 1.165) is 29.5 Å². The molecule has 1 aromatic carbocycles. The van der Waals surface area contributed by atoms with Crippen molar-refractivity contribution in [1.82, 2.24) is 14.9 Å². The van der Waals surface area contributed by atoms with Crippen molar-refractivity contribution >= 4 is 28.5 Å². The molecular formula is C22H22N4O2. The molecule has 2 N–H and O–H groups in total. The standard InChI is InChI=1S/C22H22N4O2/c1-2-6-18-22(15-8-3-4-9-16(15)25-21(22)28)10-12-26(18)20(27)17-13-14-7-5-11-23-19(14)24-17/h3-5,7-9,11,13,18H,2,6,10,12H2,1H3,(H,23,24)(H,25,28)/t18-,22-/m0/s1. The van der Waals surface area contributed by atoms with Crippen LogP contribution in [0.3, 0.4) is 0 Å². The summed E-state index contributed by atoms with van der Waals surface area (Å²) in [4.78, 5) is 35.8. The van der Waals surface area contributed by atoms with Gasteiger partial charge in [0.1, 0.15) is 11.3 Å². The van der Waals surface area contributed by atoms with Crippen molar-refractivity contribution in [3.8, 4) is 0 Å². The van der Waals surface area contributed by atoms with Gasteiger partial charge in [-0.15, -0.1) is 0 Å². The zero-order chi connectivity index (χ0) is 19.3. The molecule has 6 heteroatoms. The highest BCUT2D eigenvalue weighted by Gasteiger charge is 2.58. The number of hydrogen-bond acceptors (Lipinski definition) is 3. The Morgan fingerprint density at radius 3 is 2.96 bits per heavy atom. The summed E-state index contributed by atoms with van der Waals surface area (Å²) in [6, 6.07) is 13.4. The van der Waals surface area contributed by atoms with E-state index in [1.54, 1.807) is 6.20 Å². The maximum absolute atomic E-state index is 13.4. The molecule has 2 aliphatic rings. The van der Waals surface area contributed by atoms with E-state index in [-0.39, 0.29) is 17.9 Å². The summed E-state index contributed by atoms with van der Waals surface area (Å²) in [6.45, 7) is 2.66. The van der Waals surface area contributed by atoms with Crippen molar-refractivity contribution in [2.45, 2.75) is 37.6 Å². The molecule has 5 rings (SSSR count). The lowest BCUT2D eigenvalue weighted by atomic mass is 9.73. The molecule has 0 aliphatic carbocycles. The number of anilines is 1. The first-order valence-electron chi connectivity index (χ1n) is 9.81. The fraction of sp³-hybridized carbons (Fsp3) is 0.318. The molecule has 3 aromatic rings. The van der Waals surface area contributed by atoms with Crippen molar-refractivity contribution < 1.29 is 9.59 Å². The van der Waals surface area contributed by atoms with E-state index in [0.29, 0.717) is 24.3 Å². The summed E-state index contributed by atoms with van der Waals surface area (Å²) in [7, 11) is 0. The number of nitrogens with zero attached hydrogens (tertiary/aromatic N) is 2. The molecule has 2 aromatic heterocycles. The van der Waals surface area contributed by atoms with Crippen molar-refractivity contribution in [1.29, 1.82) is 0 Å². The van der Waals surface area contributed by atoms with Crippen LogP contribution in [0, 0.1) is 0 Å². The number of hydrogen-bond donors (Lipinski definition) is 2. The molecule has 4 heterocycles. The number of aromatic amines is 1. The number of likely N-dealkylation sites (tertiary alicyclic amines) is 1. The molecule has 0 bridgehead atoms. The summed E-state index contributed by atoms with van der Waals surface area (Å²) < 4.78 is 0. The molecule has 2 aliphatic heterocycles. The largest absolute Gasteiger partial charge is 0.335 e. The van der Waals surface area contributed by atoms with Crippen LogP contribution in [0.25, 0.3) is 11.0 Å². The highest BCUT2D eigenvalue weighted by Crippen LogP contribution is 2.49. The lowest BCUT2D eigenvalue weighted by Gasteiger charge is -2.33. The Balaban J connectivity index is 1.56. The van der Waals surface area contributed by atoms with E-state index < -0.39 is 5.41 Å². The Morgan fingerprint density at radius 1 is 1.29 bits per heavy atom. The SMILES string of the molecule is CCC[C@@H]1N(C(=O)c2cc3cccnc3[nH]2)CC[C@@]12C(=O)Nc1ccccc12. The number of carbonyl (C=O) groups excluding carboxylic acids is 2. The summed E-state index contributed by atoms with van der Waals surface area (Å²) in [5.74, 6) is -0.0498. The Hall–Kier alpha value is -3.15. The van der Waals surface area contributed by atoms with Gasteiger partial charge in [-0.25, -0.2) is 4.98 Å². The van der Waals surface area contributed by atoms with Crippen molar-refractivity contribution in [3.05, 3.63) is 59.9 Å². The maximum Gasteiger partial charge on any atom is 0.270 e. The van der Waals surface area contributed by atoms with Gasteiger partial charge in [-0.3, -0.25) is 9.59 Å². The summed E-state index contributed by atoms with van der Waals surface area (Å²) in [5, 5.41) is 3.96. The van der Waals surface area contributed by atoms with Crippen LogP contribution >= 0.6 is 0 Å². The van der Waals surface area contributed by atoms with E-state index in [1.807, 2.05) is 47.4 Å². The number of benzene rings is 1. The van der Waals surface area contributed by atoms with Crippen LogP contribution in [-0.2, 0) is 10.2 Å². The molecule has 1 fully saturated rings. The second-order valence-corrected chi connectivity index (χ2v) is 7.65. The lowest BCUT2D eigenvalue weighted by molar-refractivity contribution is -0.121. The summed E-state index contributed by atoms with van der Waals surface area (Å²) in [6.07, 6.45) is 4.04. The zero-order valence-corrected chi connectivity index (χ0v) is 15.7. The van der Waals surface area contributed by atoms with Crippen molar-refractivity contribution in [2.24, 2.45) is 0 Å². The van der Waals surface area contributed by atoms with Gasteiger partial charge in [0.15, 0.2) is 0 Å². The van der Waals surface area contributed by atoms with Crippen LogP contribution in [-0.4, -0.2) is 39.3 Å². The molecule has 142 valence electrons. The topological polar surface area (TPSA) is 78.1 Å². The Bertz CT molecular complexity index is 1060. The van der Waals surface area contributed by atoms with Crippen LogP contribution in [0.15, 0.2) is 48.7 Å². The fourth-order valence-corrected chi connectivity index (χ4v) is 4.95. The molecule has 2 atom stereocenters. The minimum absolute atomic E-state index is 0.0146. The van der Waals surface area contributed by atoms with Crippen molar-refractivity contribution in [3.63, 3.8) is 0 Å². The zero-order valence-electron chi connectivity index (χ0n) is 15.7. The second-order valence-electron chi connectivity index (χ2n) is 7.65. The molecule has 2 amide bonds. The minimum atomic E-state index is -0.660. The van der Waals surface area contributed by atoms with Gasteiger partial charge in [-0.05, 0) is 42.7 Å². The number of aromatic nitrogens is 2. The quantitative estimate of drug-likeness (QED) is 0.737. The molecule has 6 nitrogen and oxygen atoms in total. The molecule has 0 radical (unpaired) electrons. The number of amides is 2. The van der Waals surface area contributed by atoms with Gasteiger partial charge in [0, 0.05) is 23.8 Å². The maximum atomic E-state index is 13.4. The van der Waals surface area contributed by atoms with Gasteiger partial charge < -0.3 is 15.2 Å². The highest BCUT2D eigenvalue weighted by atomic mass is 16.2. The number of rotatable bonds is 3. The van der Waals surface area contributed by atoms with Gasteiger partial charge in [0.25, 0.3) is 5.91 Å². The van der Waals surface area contributed by atoms with E-state index in [2.05, 4.69) is 22.2 Å². The Kier molecular flexibility index (Phi) is 3.75. The predicted molar refractivity (Wildman–Crippen MR) is 107 cm³/mol. The average molecular weight is 374 g/mol. The van der Waals surface area contributed by atoms with E-state index in [1.165, 1.54) is 0 Å².